The zero-order valence-corrected chi connectivity index (χ0v) is 17.7. The van der Waals surface area contributed by atoms with E-state index in [1.165, 1.54) is 7.11 Å². The van der Waals surface area contributed by atoms with Crippen LogP contribution < -0.4 is 24.3 Å². The summed E-state index contributed by atoms with van der Waals surface area (Å²) in [7, 11) is 4.69. The van der Waals surface area contributed by atoms with Crippen molar-refractivity contribution in [2.45, 2.75) is 6.42 Å². The number of fused-ring (bicyclic) bond motifs is 1. The number of methoxy groups -OCH3 is 3. The van der Waals surface area contributed by atoms with Crippen LogP contribution in [-0.2, 0) is 9.53 Å². The number of benzene rings is 2. The number of para-hydroxylation sites is 1. The number of nitrogens with one attached hydrogen (secondary N) is 1. The minimum absolute atomic E-state index is 0.135. The van der Waals surface area contributed by atoms with Crippen LogP contribution >= 0.6 is 0 Å². The minimum Gasteiger partial charge on any atom is -0.493 e. The lowest BCUT2D eigenvalue weighted by atomic mass is 10.1. The monoisotopic (exact) mass is 427 g/mol. The van der Waals surface area contributed by atoms with Crippen LogP contribution in [0.3, 0.4) is 0 Å². The van der Waals surface area contributed by atoms with E-state index >= 15 is 0 Å². The number of allylic oxidation sites excluding steroid dienone is 1. The van der Waals surface area contributed by atoms with E-state index in [1.54, 1.807) is 56.7 Å². The Kier molecular flexibility index (Phi) is 7.50. The van der Waals surface area contributed by atoms with Crippen molar-refractivity contribution in [1.82, 2.24) is 5.32 Å². The van der Waals surface area contributed by atoms with Gasteiger partial charge in [-0.25, -0.2) is 0 Å². The first-order valence-electron chi connectivity index (χ1n) is 9.75. The average Bonchev–Trinajstić information content (AvgIpc) is 3.09. The summed E-state index contributed by atoms with van der Waals surface area (Å²) in [5.74, 6) is 1.53. The van der Waals surface area contributed by atoms with Crippen molar-refractivity contribution in [2.75, 3.05) is 41.1 Å². The Morgan fingerprint density at radius 3 is 2.71 bits per heavy atom. The molecule has 0 fully saturated rings. The third-order valence-corrected chi connectivity index (χ3v) is 4.58. The van der Waals surface area contributed by atoms with Crippen LogP contribution in [0.25, 0.3) is 6.08 Å². The molecule has 164 valence electrons. The number of carbonyl (C=O) groups excluding carboxylic acids is 2. The summed E-state index contributed by atoms with van der Waals surface area (Å²) in [4.78, 5) is 24.6. The van der Waals surface area contributed by atoms with E-state index in [9.17, 15) is 9.59 Å². The number of Topliss-reactive ketones (excluding diaryl/α,β-unsaturated/α-hetero) is 1. The van der Waals surface area contributed by atoms with E-state index in [-0.39, 0.29) is 24.1 Å². The molecule has 0 aliphatic carbocycles. The largest absolute Gasteiger partial charge is 0.493 e. The molecule has 0 saturated carbocycles. The molecule has 8 nitrogen and oxygen atoms in total. The number of rotatable bonds is 10. The number of carbonyl (C=O) groups is 2. The maximum absolute atomic E-state index is 12.7. The zero-order chi connectivity index (χ0) is 22.2. The van der Waals surface area contributed by atoms with Gasteiger partial charge in [0, 0.05) is 31.9 Å². The average molecular weight is 427 g/mol. The fourth-order valence-electron chi connectivity index (χ4n) is 3.07. The summed E-state index contributed by atoms with van der Waals surface area (Å²) in [6.07, 6.45) is 2.34. The number of hydrogen-bond acceptors (Lipinski definition) is 7. The second-order valence-corrected chi connectivity index (χ2v) is 6.67. The molecular formula is C23H25NO7. The van der Waals surface area contributed by atoms with Gasteiger partial charge in [-0.05, 0) is 30.7 Å². The van der Waals surface area contributed by atoms with Crippen LogP contribution in [0.4, 0.5) is 0 Å². The lowest BCUT2D eigenvalue weighted by molar-refractivity contribution is -0.123. The normalized spacial score (nSPS) is 13.5. The van der Waals surface area contributed by atoms with Crippen molar-refractivity contribution in [2.24, 2.45) is 0 Å². The first-order valence-corrected chi connectivity index (χ1v) is 9.75. The third-order valence-electron chi connectivity index (χ3n) is 4.58. The van der Waals surface area contributed by atoms with Crippen molar-refractivity contribution in [3.8, 4) is 23.0 Å². The van der Waals surface area contributed by atoms with Gasteiger partial charge in [-0.2, -0.15) is 0 Å². The molecule has 0 unspecified atom stereocenters. The standard InChI is InChI=1S/C23H25NO7/c1-27-11-5-10-24-21(25)14-30-16-8-9-17-19(13-16)31-20(22(17)26)12-15-6-4-7-18(28-2)23(15)29-3/h4,6-9,12-13H,5,10-11,14H2,1-3H3,(H,24,25)/b20-12-. The molecule has 0 bridgehead atoms. The van der Waals surface area contributed by atoms with Crippen molar-refractivity contribution in [3.63, 3.8) is 0 Å². The number of ketones is 1. The molecule has 0 atom stereocenters. The quantitative estimate of drug-likeness (QED) is 0.460. The molecule has 1 amide bonds. The fourth-order valence-corrected chi connectivity index (χ4v) is 3.07. The summed E-state index contributed by atoms with van der Waals surface area (Å²) in [5.41, 5.74) is 1.07. The second kappa shape index (κ2) is 10.5. The molecule has 0 spiro atoms. The Morgan fingerprint density at radius 2 is 1.97 bits per heavy atom. The lowest BCUT2D eigenvalue weighted by Gasteiger charge is -2.10. The minimum atomic E-state index is -0.248. The number of ether oxygens (including phenoxy) is 5. The van der Waals surface area contributed by atoms with Gasteiger partial charge in [-0.15, -0.1) is 0 Å². The molecule has 31 heavy (non-hydrogen) atoms. The molecule has 2 aromatic rings. The van der Waals surface area contributed by atoms with Crippen molar-refractivity contribution >= 4 is 17.8 Å². The topological polar surface area (TPSA) is 92.3 Å². The van der Waals surface area contributed by atoms with Crippen molar-refractivity contribution < 1.29 is 33.3 Å². The van der Waals surface area contributed by atoms with Crippen LogP contribution in [0.1, 0.15) is 22.3 Å². The Morgan fingerprint density at radius 1 is 1.13 bits per heavy atom. The molecule has 1 aliphatic heterocycles. The highest BCUT2D eigenvalue weighted by molar-refractivity contribution is 6.14. The van der Waals surface area contributed by atoms with Gasteiger partial charge in [0.25, 0.3) is 5.91 Å². The van der Waals surface area contributed by atoms with Crippen molar-refractivity contribution in [1.29, 1.82) is 0 Å². The van der Waals surface area contributed by atoms with Crippen LogP contribution in [0, 0.1) is 0 Å². The Hall–Kier alpha value is -3.52. The molecular weight excluding hydrogens is 402 g/mol. The van der Waals surface area contributed by atoms with Crippen LogP contribution in [0.15, 0.2) is 42.2 Å². The summed E-state index contributed by atoms with van der Waals surface area (Å²) < 4.78 is 26.9. The van der Waals surface area contributed by atoms with Gasteiger partial charge in [-0.3, -0.25) is 9.59 Å². The predicted molar refractivity (Wildman–Crippen MR) is 114 cm³/mol. The second-order valence-electron chi connectivity index (χ2n) is 6.67. The predicted octanol–water partition coefficient (Wildman–Crippen LogP) is 2.85. The van der Waals surface area contributed by atoms with E-state index in [0.29, 0.717) is 47.3 Å². The van der Waals surface area contributed by atoms with E-state index in [2.05, 4.69) is 5.32 Å². The van der Waals surface area contributed by atoms with Gasteiger partial charge in [0.15, 0.2) is 23.9 Å². The zero-order valence-electron chi connectivity index (χ0n) is 17.7. The van der Waals surface area contributed by atoms with Crippen LogP contribution in [0.5, 0.6) is 23.0 Å². The molecule has 1 aliphatic rings. The maximum atomic E-state index is 12.7. The van der Waals surface area contributed by atoms with E-state index in [1.807, 2.05) is 0 Å². The highest BCUT2D eigenvalue weighted by Gasteiger charge is 2.28. The van der Waals surface area contributed by atoms with Gasteiger partial charge in [-0.1, -0.05) is 12.1 Å². The highest BCUT2D eigenvalue weighted by atomic mass is 16.5. The number of hydrogen-bond donors (Lipinski definition) is 1. The van der Waals surface area contributed by atoms with Crippen LogP contribution in [-0.4, -0.2) is 52.8 Å². The van der Waals surface area contributed by atoms with Gasteiger partial charge in [0.1, 0.15) is 11.5 Å². The Labute approximate surface area is 180 Å². The molecule has 3 rings (SSSR count). The summed E-state index contributed by atoms with van der Waals surface area (Å²) in [6.45, 7) is 0.956. The first kappa shape index (κ1) is 22.2. The molecule has 1 heterocycles. The first-order chi connectivity index (χ1) is 15.1. The molecule has 8 heteroatoms. The molecule has 1 N–H and O–H groups in total. The SMILES string of the molecule is COCCCNC(=O)COc1ccc2c(c1)O/C(=C\c1cccc(OC)c1OC)C2=O. The summed E-state index contributed by atoms with van der Waals surface area (Å²) in [6, 6.07) is 10.2. The maximum Gasteiger partial charge on any atom is 0.257 e. The van der Waals surface area contributed by atoms with E-state index in [4.69, 9.17) is 23.7 Å². The molecule has 0 saturated heterocycles. The molecule has 0 aromatic heterocycles. The Balaban J connectivity index is 1.68. The summed E-state index contributed by atoms with van der Waals surface area (Å²) >= 11 is 0. The van der Waals surface area contributed by atoms with Gasteiger partial charge in [0.2, 0.25) is 5.78 Å². The van der Waals surface area contributed by atoms with Crippen molar-refractivity contribution in [3.05, 3.63) is 53.3 Å². The third kappa shape index (κ3) is 5.35. The lowest BCUT2D eigenvalue weighted by Crippen LogP contribution is -2.30. The smallest absolute Gasteiger partial charge is 0.257 e. The van der Waals surface area contributed by atoms with E-state index < -0.39 is 0 Å². The van der Waals surface area contributed by atoms with Crippen LogP contribution in [0.2, 0.25) is 0 Å². The number of amides is 1. The highest BCUT2D eigenvalue weighted by Crippen LogP contribution is 2.37. The molecule has 2 aromatic carbocycles. The van der Waals surface area contributed by atoms with Gasteiger partial charge in [0.05, 0.1) is 19.8 Å². The molecule has 0 radical (unpaired) electrons. The van der Waals surface area contributed by atoms with Gasteiger partial charge < -0.3 is 29.0 Å². The fraction of sp³-hybridized carbons (Fsp3) is 0.304. The Bertz CT molecular complexity index is 984. The summed E-state index contributed by atoms with van der Waals surface area (Å²) in [5, 5.41) is 2.74. The van der Waals surface area contributed by atoms with Gasteiger partial charge >= 0.3 is 0 Å². The van der Waals surface area contributed by atoms with E-state index in [0.717, 1.165) is 6.42 Å².